The van der Waals surface area contributed by atoms with Crippen molar-refractivity contribution in [3.8, 4) is 0 Å². The van der Waals surface area contributed by atoms with E-state index in [0.29, 0.717) is 0 Å². The predicted molar refractivity (Wildman–Crippen MR) is 77.3 cm³/mol. The van der Waals surface area contributed by atoms with Crippen molar-refractivity contribution in [1.29, 1.82) is 0 Å². The van der Waals surface area contributed by atoms with Crippen molar-refractivity contribution in [2.45, 2.75) is 57.9 Å². The highest BCUT2D eigenvalue weighted by Crippen LogP contribution is 2.24. The number of hydrogen-bond donors (Lipinski definition) is 2. The molecule has 1 heterocycles. The topological polar surface area (TPSA) is 68.8 Å². The van der Waals surface area contributed by atoms with E-state index in [2.05, 4.69) is 43.2 Å². The van der Waals surface area contributed by atoms with E-state index in [9.17, 15) is 0 Å². The monoisotopic (exact) mass is 271 g/mol. The summed E-state index contributed by atoms with van der Waals surface area (Å²) in [4.78, 5) is 4.31. The van der Waals surface area contributed by atoms with Gasteiger partial charge in [0.15, 0.2) is 0 Å². The number of aryl methyl sites for hydroxylation is 1. The van der Waals surface area contributed by atoms with E-state index in [-0.39, 0.29) is 10.8 Å². The predicted octanol–water partition coefficient (Wildman–Crippen LogP) is 1.59. The quantitative estimate of drug-likeness (QED) is 0.582. The van der Waals surface area contributed by atoms with Crippen molar-refractivity contribution in [3.63, 3.8) is 0 Å². The van der Waals surface area contributed by atoms with Gasteiger partial charge < -0.3 is 0 Å². The summed E-state index contributed by atoms with van der Waals surface area (Å²) in [7, 11) is 0. The van der Waals surface area contributed by atoms with Gasteiger partial charge in [0.25, 0.3) is 0 Å². The second kappa shape index (κ2) is 7.11. The lowest BCUT2D eigenvalue weighted by Crippen LogP contribution is -2.40. The van der Waals surface area contributed by atoms with E-state index in [0.717, 1.165) is 31.0 Å². The van der Waals surface area contributed by atoms with Crippen LogP contribution in [0.4, 0.5) is 0 Å². The molecule has 0 bridgehead atoms. The lowest BCUT2D eigenvalue weighted by atomic mass is 10.2. The Kier molecular flexibility index (Phi) is 6.11. The maximum absolute atomic E-state index is 5.62. The van der Waals surface area contributed by atoms with Gasteiger partial charge in [0, 0.05) is 29.5 Å². The molecule has 5 nitrogen and oxygen atoms in total. The molecule has 104 valence electrons. The summed E-state index contributed by atoms with van der Waals surface area (Å²) in [5.41, 5.74) is 2.88. The molecule has 0 saturated heterocycles. The minimum Gasteiger partial charge on any atom is -0.271 e. The Labute approximate surface area is 114 Å². The van der Waals surface area contributed by atoms with Crippen LogP contribution in [0.2, 0.25) is 0 Å². The number of nitrogens with two attached hydrogens (primary N) is 1. The number of hydrogen-bond acceptors (Lipinski definition) is 5. The van der Waals surface area contributed by atoms with Crippen LogP contribution in [0.3, 0.4) is 0 Å². The van der Waals surface area contributed by atoms with Crippen LogP contribution in [0, 0.1) is 0 Å². The zero-order valence-corrected chi connectivity index (χ0v) is 12.6. The van der Waals surface area contributed by atoms with E-state index < -0.39 is 0 Å². The summed E-state index contributed by atoms with van der Waals surface area (Å²) in [6, 6.07) is 0.231. The van der Waals surface area contributed by atoms with Gasteiger partial charge in [0.05, 0.1) is 0 Å². The molecule has 3 N–H and O–H groups in total. The van der Waals surface area contributed by atoms with Crippen LogP contribution < -0.4 is 11.3 Å². The third-order valence-corrected chi connectivity index (χ3v) is 3.95. The molecular formula is C12H25N5S. The van der Waals surface area contributed by atoms with Crippen LogP contribution in [0.25, 0.3) is 0 Å². The molecule has 0 aliphatic carbocycles. The van der Waals surface area contributed by atoms with Crippen molar-refractivity contribution in [1.82, 2.24) is 20.2 Å². The van der Waals surface area contributed by atoms with Crippen molar-refractivity contribution in [2.24, 2.45) is 5.84 Å². The number of nitrogens with one attached hydrogen (secondary N) is 1. The van der Waals surface area contributed by atoms with Gasteiger partial charge in [0.1, 0.15) is 12.2 Å². The Morgan fingerprint density at radius 3 is 2.78 bits per heavy atom. The Hall–Kier alpha value is -0.590. The number of thioether (sulfide) groups is 1. The first-order chi connectivity index (χ1) is 8.46. The number of rotatable bonds is 7. The molecule has 0 fully saturated rings. The fourth-order valence-corrected chi connectivity index (χ4v) is 2.50. The van der Waals surface area contributed by atoms with Crippen LogP contribution in [0.1, 0.15) is 39.9 Å². The number of hydrazine groups is 1. The SMILES string of the molecule is CCCn1ncnc1CC(CSC(C)(C)C)NN. The second-order valence-electron chi connectivity index (χ2n) is 5.39. The Morgan fingerprint density at radius 1 is 1.50 bits per heavy atom. The van der Waals surface area contributed by atoms with Crippen molar-refractivity contribution < 1.29 is 0 Å². The Morgan fingerprint density at radius 2 is 2.22 bits per heavy atom. The van der Waals surface area contributed by atoms with Gasteiger partial charge in [-0.3, -0.25) is 16.0 Å². The summed E-state index contributed by atoms with van der Waals surface area (Å²) in [5, 5.41) is 4.23. The molecule has 6 heteroatoms. The molecule has 18 heavy (non-hydrogen) atoms. The van der Waals surface area contributed by atoms with Gasteiger partial charge in [-0.1, -0.05) is 27.7 Å². The molecule has 0 saturated carbocycles. The Bertz CT molecular complexity index is 344. The minimum atomic E-state index is 0.231. The lowest BCUT2D eigenvalue weighted by molar-refractivity contribution is 0.512. The first-order valence-corrected chi connectivity index (χ1v) is 7.41. The zero-order valence-electron chi connectivity index (χ0n) is 11.8. The van der Waals surface area contributed by atoms with Gasteiger partial charge >= 0.3 is 0 Å². The molecule has 0 aliphatic heterocycles. The first-order valence-electron chi connectivity index (χ1n) is 6.43. The van der Waals surface area contributed by atoms with Gasteiger partial charge in [-0.2, -0.15) is 16.9 Å². The smallest absolute Gasteiger partial charge is 0.138 e. The highest BCUT2D eigenvalue weighted by atomic mass is 32.2. The van der Waals surface area contributed by atoms with Gasteiger partial charge in [-0.25, -0.2) is 4.98 Å². The summed E-state index contributed by atoms with van der Waals surface area (Å²) in [6.07, 6.45) is 3.50. The van der Waals surface area contributed by atoms with Crippen LogP contribution in [-0.2, 0) is 13.0 Å². The summed E-state index contributed by atoms with van der Waals surface area (Å²) in [6.45, 7) is 9.69. The van der Waals surface area contributed by atoms with E-state index in [1.807, 2.05) is 16.4 Å². The van der Waals surface area contributed by atoms with E-state index >= 15 is 0 Å². The summed E-state index contributed by atoms with van der Waals surface area (Å²) >= 11 is 1.91. The van der Waals surface area contributed by atoms with Gasteiger partial charge in [0.2, 0.25) is 0 Å². The molecule has 1 aromatic rings. The maximum atomic E-state index is 5.62. The van der Waals surface area contributed by atoms with Gasteiger partial charge in [-0.05, 0) is 6.42 Å². The normalized spacial score (nSPS) is 13.8. The van der Waals surface area contributed by atoms with Crippen LogP contribution in [-0.4, -0.2) is 31.3 Å². The van der Waals surface area contributed by atoms with Gasteiger partial charge in [-0.15, -0.1) is 0 Å². The fourth-order valence-electron chi connectivity index (χ4n) is 1.58. The van der Waals surface area contributed by atoms with E-state index in [1.165, 1.54) is 0 Å². The largest absolute Gasteiger partial charge is 0.271 e. The molecular weight excluding hydrogens is 246 g/mol. The highest BCUT2D eigenvalue weighted by Gasteiger charge is 2.17. The van der Waals surface area contributed by atoms with E-state index in [4.69, 9.17) is 5.84 Å². The molecule has 1 aromatic heterocycles. The molecule has 0 aliphatic rings. The summed E-state index contributed by atoms with van der Waals surface area (Å²) in [5.74, 6) is 7.60. The standard InChI is InChI=1S/C12H25N5S/c1-5-6-17-11(14-9-15-17)7-10(16-13)8-18-12(2,3)4/h9-10,16H,5-8,13H2,1-4H3. The minimum absolute atomic E-state index is 0.231. The van der Waals surface area contributed by atoms with Crippen LogP contribution in [0.5, 0.6) is 0 Å². The highest BCUT2D eigenvalue weighted by molar-refractivity contribution is 8.00. The average molecular weight is 271 g/mol. The van der Waals surface area contributed by atoms with Crippen LogP contribution in [0.15, 0.2) is 6.33 Å². The number of aromatic nitrogens is 3. The third-order valence-electron chi connectivity index (χ3n) is 2.51. The molecule has 1 atom stereocenters. The molecule has 1 unspecified atom stereocenters. The molecule has 0 amide bonds. The molecule has 0 aromatic carbocycles. The van der Waals surface area contributed by atoms with Crippen molar-refractivity contribution in [2.75, 3.05) is 5.75 Å². The Balaban J connectivity index is 2.54. The average Bonchev–Trinajstić information content (AvgIpc) is 2.71. The zero-order chi connectivity index (χ0) is 13.6. The summed E-state index contributed by atoms with van der Waals surface area (Å²) < 4.78 is 2.22. The van der Waals surface area contributed by atoms with Crippen molar-refractivity contribution >= 4 is 11.8 Å². The molecule has 0 radical (unpaired) electrons. The molecule has 0 spiro atoms. The maximum Gasteiger partial charge on any atom is 0.138 e. The third kappa shape index (κ3) is 5.37. The first kappa shape index (κ1) is 15.5. The lowest BCUT2D eigenvalue weighted by Gasteiger charge is -2.22. The fraction of sp³-hybridized carbons (Fsp3) is 0.833. The number of nitrogens with zero attached hydrogens (tertiary/aromatic N) is 3. The molecule has 1 rings (SSSR count). The van der Waals surface area contributed by atoms with E-state index in [1.54, 1.807) is 6.33 Å². The second-order valence-corrected chi connectivity index (χ2v) is 7.24. The van der Waals surface area contributed by atoms with Crippen molar-refractivity contribution in [3.05, 3.63) is 12.2 Å². The van der Waals surface area contributed by atoms with Crippen LogP contribution >= 0.6 is 11.8 Å².